The Morgan fingerprint density at radius 3 is 2.14 bits per heavy atom. The summed E-state index contributed by atoms with van der Waals surface area (Å²) in [6.45, 7) is 6.11. The van der Waals surface area contributed by atoms with Gasteiger partial charge in [-0.05, 0) is 13.1 Å². The van der Waals surface area contributed by atoms with Gasteiger partial charge in [-0.3, -0.25) is 0 Å². The number of methoxy groups -OCH3 is 2. The summed E-state index contributed by atoms with van der Waals surface area (Å²) in [7, 11) is -0.600. The second kappa shape index (κ2) is 7.51. The smallest absolute Gasteiger partial charge is 0.183 e. The molecule has 0 fully saturated rings. The number of rotatable bonds is 8. The number of hydrogen-bond acceptors (Lipinski definition) is 6. The minimum atomic E-state index is -3.47. The predicted octanol–water partition coefficient (Wildman–Crippen LogP) is 1.40. The van der Waals surface area contributed by atoms with Crippen molar-refractivity contribution in [1.82, 2.24) is 4.90 Å². The van der Waals surface area contributed by atoms with Gasteiger partial charge < -0.3 is 20.1 Å². The van der Waals surface area contributed by atoms with Gasteiger partial charge in [0, 0.05) is 18.7 Å². The van der Waals surface area contributed by atoms with Crippen LogP contribution < -0.4 is 15.2 Å². The van der Waals surface area contributed by atoms with Crippen molar-refractivity contribution in [3.63, 3.8) is 0 Å². The molecule has 0 radical (unpaired) electrons. The predicted molar refractivity (Wildman–Crippen MR) is 83.8 cm³/mol. The molecule has 1 aromatic rings. The molecule has 0 saturated carbocycles. The van der Waals surface area contributed by atoms with Crippen LogP contribution >= 0.6 is 0 Å². The minimum Gasteiger partial charge on any atom is -0.495 e. The van der Waals surface area contributed by atoms with Crippen LogP contribution in [0.25, 0.3) is 0 Å². The Labute approximate surface area is 126 Å². The van der Waals surface area contributed by atoms with Crippen LogP contribution in [0.2, 0.25) is 0 Å². The van der Waals surface area contributed by atoms with Crippen molar-refractivity contribution in [1.29, 1.82) is 0 Å². The van der Waals surface area contributed by atoms with Gasteiger partial charge in [0.1, 0.15) is 16.4 Å². The van der Waals surface area contributed by atoms with Gasteiger partial charge in [-0.15, -0.1) is 0 Å². The number of nitrogens with two attached hydrogens (primary N) is 1. The van der Waals surface area contributed by atoms with E-state index in [1.807, 2.05) is 13.8 Å². The van der Waals surface area contributed by atoms with Crippen LogP contribution in [-0.2, 0) is 9.84 Å². The maximum Gasteiger partial charge on any atom is 0.183 e. The van der Waals surface area contributed by atoms with Crippen molar-refractivity contribution in [3.05, 3.63) is 12.1 Å². The molecular formula is C14H24N2O4S. The highest BCUT2D eigenvalue weighted by molar-refractivity contribution is 7.91. The molecule has 1 aromatic carbocycles. The molecule has 0 heterocycles. The maximum atomic E-state index is 12.5. The molecule has 0 spiro atoms. The summed E-state index contributed by atoms with van der Waals surface area (Å²) in [5, 5.41) is 0. The lowest BCUT2D eigenvalue weighted by Gasteiger charge is -2.18. The van der Waals surface area contributed by atoms with E-state index in [0.29, 0.717) is 18.0 Å². The van der Waals surface area contributed by atoms with E-state index in [2.05, 4.69) is 4.90 Å². The Balaban J connectivity index is 3.12. The molecule has 0 saturated heterocycles. The molecule has 1 rings (SSSR count). The maximum absolute atomic E-state index is 12.5. The monoisotopic (exact) mass is 316 g/mol. The fourth-order valence-corrected chi connectivity index (χ4v) is 3.49. The van der Waals surface area contributed by atoms with Crippen molar-refractivity contribution in [2.24, 2.45) is 0 Å². The van der Waals surface area contributed by atoms with E-state index in [0.717, 1.165) is 13.1 Å². The Bertz CT molecular complexity index is 569. The summed E-state index contributed by atoms with van der Waals surface area (Å²) in [6.07, 6.45) is 0. The van der Waals surface area contributed by atoms with E-state index >= 15 is 0 Å². The summed E-state index contributed by atoms with van der Waals surface area (Å²) >= 11 is 0. The molecule has 6 nitrogen and oxygen atoms in total. The third kappa shape index (κ3) is 4.25. The van der Waals surface area contributed by atoms with Crippen molar-refractivity contribution in [2.45, 2.75) is 18.7 Å². The topological polar surface area (TPSA) is 81.9 Å². The molecule has 0 aliphatic rings. The van der Waals surface area contributed by atoms with E-state index in [1.54, 1.807) is 0 Å². The van der Waals surface area contributed by atoms with E-state index in [9.17, 15) is 8.42 Å². The lowest BCUT2D eigenvalue weighted by molar-refractivity contribution is 0.321. The number of nitrogens with zero attached hydrogens (tertiary/aromatic N) is 1. The largest absolute Gasteiger partial charge is 0.495 e. The molecule has 0 atom stereocenters. The van der Waals surface area contributed by atoms with Gasteiger partial charge in [-0.1, -0.05) is 13.8 Å². The standard InChI is InChI=1S/C14H24N2O4S/c1-5-16(6-2)7-8-21(17,18)14-10-12(19-3)11(15)9-13(14)20-4/h9-10H,5-8,15H2,1-4H3. The van der Waals surface area contributed by atoms with Gasteiger partial charge in [-0.2, -0.15) is 0 Å². The fraction of sp³-hybridized carbons (Fsp3) is 0.571. The van der Waals surface area contributed by atoms with Gasteiger partial charge in [0.15, 0.2) is 9.84 Å². The number of anilines is 1. The molecule has 2 N–H and O–H groups in total. The Morgan fingerprint density at radius 2 is 1.67 bits per heavy atom. The Kier molecular flexibility index (Phi) is 6.29. The first-order chi connectivity index (χ1) is 9.89. The van der Waals surface area contributed by atoms with Gasteiger partial charge >= 0.3 is 0 Å². The number of ether oxygens (including phenoxy) is 2. The zero-order valence-corrected chi connectivity index (χ0v) is 13.9. The average molecular weight is 316 g/mol. The number of sulfone groups is 1. The second-order valence-corrected chi connectivity index (χ2v) is 6.67. The van der Waals surface area contributed by atoms with Crippen LogP contribution in [0.1, 0.15) is 13.8 Å². The molecule has 0 aliphatic carbocycles. The van der Waals surface area contributed by atoms with Crippen LogP contribution in [0.15, 0.2) is 17.0 Å². The second-order valence-electron chi connectivity index (χ2n) is 4.59. The summed E-state index contributed by atoms with van der Waals surface area (Å²) in [5.41, 5.74) is 6.12. The van der Waals surface area contributed by atoms with E-state index in [1.165, 1.54) is 26.4 Å². The normalized spacial score (nSPS) is 11.7. The SMILES string of the molecule is CCN(CC)CCS(=O)(=O)c1cc(OC)c(N)cc1OC. The molecule has 0 aliphatic heterocycles. The van der Waals surface area contributed by atoms with Gasteiger partial charge in [-0.25, -0.2) is 8.42 Å². The highest BCUT2D eigenvalue weighted by Gasteiger charge is 2.22. The average Bonchev–Trinajstić information content (AvgIpc) is 2.47. The first-order valence-electron chi connectivity index (χ1n) is 6.86. The summed E-state index contributed by atoms with van der Waals surface area (Å²) in [5.74, 6) is 0.600. The summed E-state index contributed by atoms with van der Waals surface area (Å²) in [4.78, 5) is 2.17. The van der Waals surface area contributed by atoms with Crippen LogP contribution in [0.5, 0.6) is 11.5 Å². The van der Waals surface area contributed by atoms with Gasteiger partial charge in [0.25, 0.3) is 0 Å². The first kappa shape index (κ1) is 17.6. The fourth-order valence-electron chi connectivity index (χ4n) is 2.04. The van der Waals surface area contributed by atoms with Crippen LogP contribution in [0, 0.1) is 0 Å². The van der Waals surface area contributed by atoms with Crippen molar-refractivity contribution in [3.8, 4) is 11.5 Å². The van der Waals surface area contributed by atoms with Gasteiger partial charge in [0.05, 0.1) is 25.7 Å². The molecule has 21 heavy (non-hydrogen) atoms. The molecule has 0 bridgehead atoms. The first-order valence-corrected chi connectivity index (χ1v) is 8.51. The number of benzene rings is 1. The van der Waals surface area contributed by atoms with Crippen LogP contribution in [0.3, 0.4) is 0 Å². The number of nitrogen functional groups attached to an aromatic ring is 1. The van der Waals surface area contributed by atoms with Gasteiger partial charge in [0.2, 0.25) is 0 Å². The third-order valence-electron chi connectivity index (χ3n) is 3.42. The molecule has 7 heteroatoms. The van der Waals surface area contributed by atoms with E-state index in [-0.39, 0.29) is 16.4 Å². The highest BCUT2D eigenvalue weighted by atomic mass is 32.2. The van der Waals surface area contributed by atoms with Crippen LogP contribution in [0.4, 0.5) is 5.69 Å². The summed E-state index contributed by atoms with van der Waals surface area (Å²) in [6, 6.07) is 2.90. The van der Waals surface area contributed by atoms with E-state index in [4.69, 9.17) is 15.2 Å². The van der Waals surface area contributed by atoms with Crippen molar-refractivity contribution in [2.75, 3.05) is 45.3 Å². The minimum absolute atomic E-state index is 0.0259. The van der Waals surface area contributed by atoms with Crippen LogP contribution in [-0.4, -0.2) is 52.9 Å². The molecule has 0 unspecified atom stereocenters. The molecule has 0 aromatic heterocycles. The Hall–Kier alpha value is -1.47. The zero-order valence-electron chi connectivity index (χ0n) is 13.0. The third-order valence-corrected chi connectivity index (χ3v) is 5.13. The Morgan fingerprint density at radius 1 is 1.10 bits per heavy atom. The molecular weight excluding hydrogens is 292 g/mol. The quantitative estimate of drug-likeness (QED) is 0.730. The molecule has 0 amide bonds. The number of hydrogen-bond donors (Lipinski definition) is 1. The van der Waals surface area contributed by atoms with Crippen molar-refractivity contribution >= 4 is 15.5 Å². The highest BCUT2D eigenvalue weighted by Crippen LogP contribution is 2.34. The van der Waals surface area contributed by atoms with E-state index < -0.39 is 9.84 Å². The van der Waals surface area contributed by atoms with Crippen molar-refractivity contribution < 1.29 is 17.9 Å². The summed E-state index contributed by atoms with van der Waals surface area (Å²) < 4.78 is 35.3. The molecule has 120 valence electrons. The zero-order chi connectivity index (χ0) is 16.0. The lowest BCUT2D eigenvalue weighted by atomic mass is 10.3. The lowest BCUT2D eigenvalue weighted by Crippen LogP contribution is -2.29.